The molecule has 4 fully saturated rings. The first-order valence-corrected chi connectivity index (χ1v) is 15.6. The third kappa shape index (κ3) is 4.47. The number of rotatable bonds is 5. The molecule has 4 heteroatoms. The maximum Gasteiger partial charge on any atom is 0.228 e. The first-order chi connectivity index (χ1) is 18.7. The SMILES string of the molecule is O=C([C@@H]1CNC[C@]12CCCc1c(OC3CC3)cccc12)N1CC[C@@H](c2ccccc2)C[C@H]1C1CCCCC1. The Kier molecular flexibility index (Phi) is 6.72. The lowest BCUT2D eigenvalue weighted by Gasteiger charge is -2.48. The zero-order valence-corrected chi connectivity index (χ0v) is 22.9. The van der Waals surface area contributed by atoms with Crippen LogP contribution >= 0.6 is 0 Å². The number of nitrogens with zero attached hydrogens (tertiary/aromatic N) is 1. The summed E-state index contributed by atoms with van der Waals surface area (Å²) in [6, 6.07) is 18.1. The van der Waals surface area contributed by atoms with Crippen LogP contribution in [0.4, 0.5) is 0 Å². The van der Waals surface area contributed by atoms with Crippen molar-refractivity contribution < 1.29 is 9.53 Å². The molecule has 1 amide bonds. The van der Waals surface area contributed by atoms with Crippen molar-refractivity contribution >= 4 is 5.91 Å². The van der Waals surface area contributed by atoms with Gasteiger partial charge in [0, 0.05) is 31.1 Å². The van der Waals surface area contributed by atoms with Gasteiger partial charge in [-0.2, -0.15) is 0 Å². The highest BCUT2D eigenvalue weighted by Gasteiger charge is 2.53. The number of fused-ring (bicyclic) bond motifs is 2. The maximum absolute atomic E-state index is 14.7. The summed E-state index contributed by atoms with van der Waals surface area (Å²) in [5.74, 6) is 2.77. The summed E-state index contributed by atoms with van der Waals surface area (Å²) in [7, 11) is 0. The molecule has 1 N–H and O–H groups in total. The minimum atomic E-state index is -0.0962. The number of piperidine rings is 1. The van der Waals surface area contributed by atoms with E-state index in [1.54, 1.807) is 0 Å². The third-order valence-corrected chi connectivity index (χ3v) is 10.7. The molecule has 202 valence electrons. The van der Waals surface area contributed by atoms with Gasteiger partial charge in [0.05, 0.1) is 12.0 Å². The third-order valence-electron chi connectivity index (χ3n) is 10.7. The van der Waals surface area contributed by atoms with Gasteiger partial charge in [0.15, 0.2) is 0 Å². The molecule has 2 heterocycles. The first kappa shape index (κ1) is 24.7. The van der Waals surface area contributed by atoms with E-state index in [4.69, 9.17) is 4.74 Å². The Hall–Kier alpha value is -2.33. The van der Waals surface area contributed by atoms with Gasteiger partial charge in [-0.25, -0.2) is 0 Å². The molecule has 0 unspecified atom stereocenters. The predicted molar refractivity (Wildman–Crippen MR) is 152 cm³/mol. The highest BCUT2D eigenvalue weighted by molar-refractivity contribution is 5.82. The quantitative estimate of drug-likeness (QED) is 0.506. The lowest BCUT2D eigenvalue weighted by Crippen LogP contribution is -2.55. The summed E-state index contributed by atoms with van der Waals surface area (Å²) in [5, 5.41) is 3.71. The minimum absolute atomic E-state index is 0.0251. The monoisotopic (exact) mass is 512 g/mol. The molecule has 1 spiro atoms. The highest BCUT2D eigenvalue weighted by atomic mass is 16.5. The normalized spacial score (nSPS) is 31.8. The van der Waals surface area contributed by atoms with Gasteiger partial charge >= 0.3 is 0 Å². The Labute approximate surface area is 228 Å². The summed E-state index contributed by atoms with van der Waals surface area (Å²) in [6.07, 6.45) is 14.9. The van der Waals surface area contributed by atoms with Gasteiger partial charge < -0.3 is 15.0 Å². The van der Waals surface area contributed by atoms with Crippen LogP contribution in [-0.2, 0) is 16.6 Å². The second-order valence-corrected chi connectivity index (χ2v) is 12.9. The molecule has 5 aliphatic rings. The topological polar surface area (TPSA) is 41.6 Å². The number of carbonyl (C=O) groups excluding carboxylic acids is 1. The zero-order chi connectivity index (χ0) is 25.5. The Morgan fingerprint density at radius 2 is 1.76 bits per heavy atom. The molecule has 2 aromatic rings. The zero-order valence-electron chi connectivity index (χ0n) is 22.9. The molecular weight excluding hydrogens is 468 g/mol. The van der Waals surface area contributed by atoms with E-state index >= 15 is 0 Å². The smallest absolute Gasteiger partial charge is 0.228 e. The van der Waals surface area contributed by atoms with Crippen molar-refractivity contribution in [3.05, 3.63) is 65.2 Å². The molecular formula is C34H44N2O2. The number of nitrogens with one attached hydrogen (secondary N) is 1. The number of carbonyl (C=O) groups is 1. The lowest BCUT2D eigenvalue weighted by molar-refractivity contribution is -0.143. The number of ether oxygens (including phenoxy) is 1. The van der Waals surface area contributed by atoms with Gasteiger partial charge in [0.25, 0.3) is 0 Å². The van der Waals surface area contributed by atoms with E-state index in [1.165, 1.54) is 61.6 Å². The van der Waals surface area contributed by atoms with Crippen LogP contribution in [0.3, 0.4) is 0 Å². The van der Waals surface area contributed by atoms with Crippen LogP contribution in [0, 0.1) is 11.8 Å². The van der Waals surface area contributed by atoms with E-state index < -0.39 is 0 Å². The van der Waals surface area contributed by atoms with E-state index in [0.717, 1.165) is 57.5 Å². The summed E-state index contributed by atoms with van der Waals surface area (Å²) < 4.78 is 6.37. The number of likely N-dealkylation sites (tertiary alicyclic amines) is 1. The summed E-state index contributed by atoms with van der Waals surface area (Å²) in [4.78, 5) is 17.1. The molecule has 0 bridgehead atoms. The van der Waals surface area contributed by atoms with E-state index in [2.05, 4.69) is 58.7 Å². The van der Waals surface area contributed by atoms with Crippen molar-refractivity contribution in [3.63, 3.8) is 0 Å². The van der Waals surface area contributed by atoms with Crippen LogP contribution in [0.5, 0.6) is 5.75 Å². The average Bonchev–Trinajstić information content (AvgIpc) is 3.71. The fourth-order valence-corrected chi connectivity index (χ4v) is 8.57. The Bertz CT molecular complexity index is 1140. The standard InChI is InChI=1S/C34H44N2O2/c37-33(36-20-18-26(24-9-3-1-4-10-24)21-31(36)25-11-5-2-6-12-25)30-22-35-23-34(30)19-8-13-28-29(34)14-7-15-32(28)38-27-16-17-27/h1,3-4,7,9-10,14-15,25-27,30-31,35H,2,5-6,8,11-13,16-23H2/t26-,30+,31+,34+/m1/s1. The molecule has 7 rings (SSSR count). The van der Waals surface area contributed by atoms with Gasteiger partial charge in [0.2, 0.25) is 5.91 Å². The molecule has 2 saturated carbocycles. The second-order valence-electron chi connectivity index (χ2n) is 12.9. The molecule has 2 saturated heterocycles. The number of hydrogen-bond acceptors (Lipinski definition) is 3. The molecule has 0 radical (unpaired) electrons. The number of hydrogen-bond donors (Lipinski definition) is 1. The van der Waals surface area contributed by atoms with Crippen LogP contribution in [0.25, 0.3) is 0 Å². The van der Waals surface area contributed by atoms with Crippen LogP contribution in [0.1, 0.15) is 93.2 Å². The van der Waals surface area contributed by atoms with Crippen LogP contribution < -0.4 is 10.1 Å². The molecule has 38 heavy (non-hydrogen) atoms. The van der Waals surface area contributed by atoms with Crippen LogP contribution in [0.2, 0.25) is 0 Å². The van der Waals surface area contributed by atoms with Crippen molar-refractivity contribution in [1.29, 1.82) is 0 Å². The molecule has 4 atom stereocenters. The molecule has 4 nitrogen and oxygen atoms in total. The van der Waals surface area contributed by atoms with Gasteiger partial charge in [-0.05, 0) is 92.4 Å². The van der Waals surface area contributed by atoms with Gasteiger partial charge in [-0.3, -0.25) is 4.79 Å². The number of benzene rings is 2. The van der Waals surface area contributed by atoms with Crippen molar-refractivity contribution in [2.24, 2.45) is 11.8 Å². The average molecular weight is 513 g/mol. The van der Waals surface area contributed by atoms with Gasteiger partial charge in [0.1, 0.15) is 5.75 Å². The lowest BCUT2D eigenvalue weighted by atomic mass is 9.63. The maximum atomic E-state index is 14.7. The van der Waals surface area contributed by atoms with E-state index in [1.807, 2.05) is 0 Å². The van der Waals surface area contributed by atoms with E-state index in [9.17, 15) is 4.79 Å². The summed E-state index contributed by atoms with van der Waals surface area (Å²) in [6.45, 7) is 2.63. The van der Waals surface area contributed by atoms with Crippen molar-refractivity contribution in [2.75, 3.05) is 19.6 Å². The van der Waals surface area contributed by atoms with Gasteiger partial charge in [-0.1, -0.05) is 61.7 Å². The predicted octanol–water partition coefficient (Wildman–Crippen LogP) is 6.38. The molecule has 3 aliphatic carbocycles. The van der Waals surface area contributed by atoms with Crippen LogP contribution in [0.15, 0.2) is 48.5 Å². The molecule has 0 aromatic heterocycles. The summed E-state index contributed by atoms with van der Waals surface area (Å²) in [5.41, 5.74) is 4.15. The fourth-order valence-electron chi connectivity index (χ4n) is 8.57. The van der Waals surface area contributed by atoms with Crippen molar-refractivity contribution in [2.45, 2.75) is 101 Å². The largest absolute Gasteiger partial charge is 0.490 e. The Morgan fingerprint density at radius 1 is 0.921 bits per heavy atom. The Balaban J connectivity index is 1.19. The van der Waals surface area contributed by atoms with E-state index in [-0.39, 0.29) is 11.3 Å². The van der Waals surface area contributed by atoms with Crippen LogP contribution in [-0.4, -0.2) is 42.6 Å². The first-order valence-electron chi connectivity index (χ1n) is 15.6. The fraction of sp³-hybridized carbons (Fsp3) is 0.618. The second kappa shape index (κ2) is 10.3. The van der Waals surface area contributed by atoms with Gasteiger partial charge in [-0.15, -0.1) is 0 Å². The summed E-state index contributed by atoms with van der Waals surface area (Å²) >= 11 is 0. The van der Waals surface area contributed by atoms with Crippen molar-refractivity contribution in [1.82, 2.24) is 10.2 Å². The Morgan fingerprint density at radius 3 is 2.58 bits per heavy atom. The van der Waals surface area contributed by atoms with E-state index in [0.29, 0.717) is 29.9 Å². The number of amides is 1. The molecule has 2 aliphatic heterocycles. The highest BCUT2D eigenvalue weighted by Crippen LogP contribution is 2.49. The minimum Gasteiger partial charge on any atom is -0.490 e. The molecule has 2 aromatic carbocycles. The van der Waals surface area contributed by atoms with Crippen molar-refractivity contribution in [3.8, 4) is 5.75 Å².